The van der Waals surface area contributed by atoms with Crippen LogP contribution in [0.25, 0.3) is 0 Å². The number of hydrogen-bond donors (Lipinski definition) is 8. The number of carbonyl (C=O) groups is 7. The fraction of sp³-hybridized carbons (Fsp3) is 0.650. The summed E-state index contributed by atoms with van der Waals surface area (Å²) in [5, 5.41) is 29.3. The maximum absolute atomic E-state index is 12.3. The summed E-state index contributed by atoms with van der Waals surface area (Å²) >= 11 is 0. The fourth-order valence-corrected chi connectivity index (χ4v) is 2.44. The van der Waals surface area contributed by atoms with E-state index in [-0.39, 0.29) is 6.42 Å². The Morgan fingerprint density at radius 3 is 1.20 bits per heavy atom. The molecular formula is C20H34N6O9. The Balaban J connectivity index is 4.76. The molecule has 198 valence electrons. The van der Waals surface area contributed by atoms with Gasteiger partial charge in [0, 0.05) is 6.42 Å². The van der Waals surface area contributed by atoms with Crippen LogP contribution in [-0.4, -0.2) is 87.9 Å². The molecule has 0 fully saturated rings. The molecule has 0 aliphatic heterocycles. The lowest BCUT2D eigenvalue weighted by molar-refractivity contribution is -0.143. The average Bonchev–Trinajstić information content (AvgIpc) is 2.75. The fourth-order valence-electron chi connectivity index (χ4n) is 2.44. The van der Waals surface area contributed by atoms with Crippen molar-refractivity contribution in [2.24, 2.45) is 5.73 Å². The molecule has 0 rings (SSSR count). The molecule has 6 atom stereocenters. The zero-order valence-corrected chi connectivity index (χ0v) is 20.2. The van der Waals surface area contributed by atoms with Gasteiger partial charge in [-0.05, 0) is 41.0 Å². The standard InChI is InChI=1S/C20H34N6O9/c1-8(21)15(29)22-9(2)16(30)23-10(3)17(31)24-11(4)18(32)25-12(5)19(33)26-13(20(34)35)6-7-14(27)28/h8-13H,6-7,21H2,1-5H3,(H,22,29)(H,23,30)(H,24,31)(H,25,32)(H,26,33)(H,27,28)(H,34,35)/t8-,9-,10-,11-,12-,13-/m0/s1. The van der Waals surface area contributed by atoms with Crippen LogP contribution in [0, 0.1) is 0 Å². The van der Waals surface area contributed by atoms with Gasteiger partial charge in [0.05, 0.1) is 6.04 Å². The van der Waals surface area contributed by atoms with Crippen LogP contribution in [0.15, 0.2) is 0 Å². The highest BCUT2D eigenvalue weighted by Gasteiger charge is 2.27. The molecule has 0 aliphatic carbocycles. The molecule has 0 radical (unpaired) electrons. The predicted octanol–water partition coefficient (Wildman–Crippen LogP) is -3.21. The Hall–Kier alpha value is -3.75. The van der Waals surface area contributed by atoms with Gasteiger partial charge in [-0.2, -0.15) is 0 Å². The van der Waals surface area contributed by atoms with Crippen molar-refractivity contribution < 1.29 is 43.8 Å². The molecule has 35 heavy (non-hydrogen) atoms. The van der Waals surface area contributed by atoms with Crippen molar-refractivity contribution in [2.45, 2.75) is 83.7 Å². The Labute approximate surface area is 201 Å². The van der Waals surface area contributed by atoms with Gasteiger partial charge in [-0.1, -0.05) is 0 Å². The lowest BCUT2D eigenvalue weighted by atomic mass is 10.1. The van der Waals surface area contributed by atoms with E-state index < -0.39 is 84.1 Å². The molecule has 0 aromatic rings. The molecule has 0 heterocycles. The Kier molecular flexibility index (Phi) is 12.9. The maximum atomic E-state index is 12.3. The summed E-state index contributed by atoms with van der Waals surface area (Å²) in [4.78, 5) is 82.3. The number of carboxylic acids is 2. The smallest absolute Gasteiger partial charge is 0.326 e. The van der Waals surface area contributed by atoms with Crippen LogP contribution >= 0.6 is 0 Å². The van der Waals surface area contributed by atoms with E-state index in [1.54, 1.807) is 0 Å². The third-order valence-corrected chi connectivity index (χ3v) is 4.68. The lowest BCUT2D eigenvalue weighted by Crippen LogP contribution is -2.57. The topological polar surface area (TPSA) is 246 Å². The number of hydrogen-bond acceptors (Lipinski definition) is 8. The van der Waals surface area contributed by atoms with E-state index in [9.17, 15) is 33.6 Å². The van der Waals surface area contributed by atoms with Gasteiger partial charge >= 0.3 is 11.9 Å². The minimum absolute atomic E-state index is 0.347. The van der Waals surface area contributed by atoms with Gasteiger partial charge in [-0.15, -0.1) is 0 Å². The largest absolute Gasteiger partial charge is 0.481 e. The van der Waals surface area contributed by atoms with E-state index in [1.165, 1.54) is 34.6 Å². The van der Waals surface area contributed by atoms with Crippen LogP contribution in [-0.2, 0) is 33.6 Å². The summed E-state index contributed by atoms with van der Waals surface area (Å²) < 4.78 is 0. The van der Waals surface area contributed by atoms with E-state index >= 15 is 0 Å². The molecule has 5 amide bonds. The molecule has 9 N–H and O–H groups in total. The SMILES string of the molecule is C[C@H](N)C(=O)N[C@@H](C)C(=O)N[C@@H](C)C(=O)N[C@@H](C)C(=O)N[C@@H](C)C(=O)N[C@@H](CCC(=O)O)C(=O)O. The zero-order valence-electron chi connectivity index (χ0n) is 20.2. The van der Waals surface area contributed by atoms with E-state index in [2.05, 4.69) is 26.6 Å². The van der Waals surface area contributed by atoms with Crippen LogP contribution in [0.1, 0.15) is 47.5 Å². The summed E-state index contributed by atoms with van der Waals surface area (Å²) in [7, 11) is 0. The van der Waals surface area contributed by atoms with Crippen molar-refractivity contribution in [3.05, 3.63) is 0 Å². The minimum Gasteiger partial charge on any atom is -0.481 e. The van der Waals surface area contributed by atoms with Gasteiger partial charge in [0.1, 0.15) is 30.2 Å². The first kappa shape index (κ1) is 31.2. The number of nitrogens with one attached hydrogen (secondary N) is 5. The summed E-state index contributed by atoms with van der Waals surface area (Å²) in [5.74, 6) is -6.21. The Morgan fingerprint density at radius 1 is 0.600 bits per heavy atom. The number of carbonyl (C=O) groups excluding carboxylic acids is 5. The van der Waals surface area contributed by atoms with Gasteiger partial charge in [-0.25, -0.2) is 4.79 Å². The maximum Gasteiger partial charge on any atom is 0.326 e. The number of rotatable bonds is 14. The van der Waals surface area contributed by atoms with Gasteiger partial charge in [0.25, 0.3) is 0 Å². The van der Waals surface area contributed by atoms with Crippen LogP contribution in [0.4, 0.5) is 0 Å². The molecule has 0 unspecified atom stereocenters. The van der Waals surface area contributed by atoms with Gasteiger partial charge < -0.3 is 42.5 Å². The Morgan fingerprint density at radius 2 is 0.914 bits per heavy atom. The number of amides is 5. The number of nitrogens with two attached hydrogens (primary N) is 1. The van der Waals surface area contributed by atoms with Gasteiger partial charge in [0.2, 0.25) is 29.5 Å². The van der Waals surface area contributed by atoms with Crippen molar-refractivity contribution in [1.29, 1.82) is 0 Å². The second-order valence-corrected chi connectivity index (χ2v) is 8.04. The van der Waals surface area contributed by atoms with E-state index in [0.29, 0.717) is 0 Å². The van der Waals surface area contributed by atoms with Crippen molar-refractivity contribution in [3.63, 3.8) is 0 Å². The summed E-state index contributed by atoms with van der Waals surface area (Å²) in [6.07, 6.45) is -0.826. The quantitative estimate of drug-likeness (QED) is 0.118. The predicted molar refractivity (Wildman–Crippen MR) is 121 cm³/mol. The number of carboxylic acid groups (broad SMARTS) is 2. The van der Waals surface area contributed by atoms with E-state index in [1.807, 2.05) is 0 Å². The van der Waals surface area contributed by atoms with Crippen molar-refractivity contribution in [2.75, 3.05) is 0 Å². The molecule has 0 bridgehead atoms. The first-order valence-electron chi connectivity index (χ1n) is 10.8. The summed E-state index contributed by atoms with van der Waals surface area (Å²) in [6.45, 7) is 6.80. The molecule has 0 saturated carbocycles. The molecule has 0 aliphatic rings. The van der Waals surface area contributed by atoms with E-state index in [4.69, 9.17) is 15.9 Å². The number of aliphatic carboxylic acids is 2. The third-order valence-electron chi connectivity index (χ3n) is 4.68. The molecular weight excluding hydrogens is 468 g/mol. The van der Waals surface area contributed by atoms with Crippen LogP contribution < -0.4 is 32.3 Å². The average molecular weight is 503 g/mol. The molecule has 0 spiro atoms. The zero-order chi connectivity index (χ0) is 27.5. The van der Waals surface area contributed by atoms with Crippen molar-refractivity contribution in [3.8, 4) is 0 Å². The molecule has 15 nitrogen and oxygen atoms in total. The second kappa shape index (κ2) is 14.5. The second-order valence-electron chi connectivity index (χ2n) is 8.04. The van der Waals surface area contributed by atoms with Gasteiger partial charge in [-0.3, -0.25) is 28.8 Å². The first-order chi connectivity index (χ1) is 16.1. The van der Waals surface area contributed by atoms with Crippen molar-refractivity contribution in [1.82, 2.24) is 26.6 Å². The normalized spacial score (nSPS) is 15.7. The minimum atomic E-state index is -1.46. The van der Waals surface area contributed by atoms with Crippen molar-refractivity contribution >= 4 is 41.5 Å². The molecule has 0 aromatic heterocycles. The first-order valence-corrected chi connectivity index (χ1v) is 10.8. The van der Waals surface area contributed by atoms with Crippen LogP contribution in [0.5, 0.6) is 0 Å². The third kappa shape index (κ3) is 11.8. The Bertz CT molecular complexity index is 832. The highest BCUT2D eigenvalue weighted by atomic mass is 16.4. The molecule has 0 saturated heterocycles. The lowest BCUT2D eigenvalue weighted by Gasteiger charge is -2.22. The highest BCUT2D eigenvalue weighted by Crippen LogP contribution is 2.00. The molecule has 0 aromatic carbocycles. The summed E-state index contributed by atoms with van der Waals surface area (Å²) in [5.41, 5.74) is 5.41. The highest BCUT2D eigenvalue weighted by molar-refractivity contribution is 5.95. The monoisotopic (exact) mass is 502 g/mol. The van der Waals surface area contributed by atoms with E-state index in [0.717, 1.165) is 0 Å². The summed E-state index contributed by atoms with van der Waals surface area (Å²) in [6, 6.07) is -6.64. The van der Waals surface area contributed by atoms with Crippen LogP contribution in [0.2, 0.25) is 0 Å². The van der Waals surface area contributed by atoms with Gasteiger partial charge in [0.15, 0.2) is 0 Å². The molecule has 15 heteroatoms. The van der Waals surface area contributed by atoms with Crippen LogP contribution in [0.3, 0.4) is 0 Å².